The van der Waals surface area contributed by atoms with E-state index in [1.807, 2.05) is 55.5 Å². The molecular formula is C20H22BrNO4. The standard InChI is InChI=1S/C20H22BrNO4/c1-14(16-6-8-17(21)9-7-16)22-19(23)13-26-20(24)12-5-15-3-10-18(25-2)11-4-15/h3-4,6-11,14H,5,12-13H2,1-2H3,(H,22,23)/t14-/m1/s1. The van der Waals surface area contributed by atoms with Crippen LogP contribution in [0.15, 0.2) is 53.0 Å². The molecule has 26 heavy (non-hydrogen) atoms. The van der Waals surface area contributed by atoms with Crippen molar-refractivity contribution < 1.29 is 19.1 Å². The lowest BCUT2D eigenvalue weighted by atomic mass is 10.1. The lowest BCUT2D eigenvalue weighted by Gasteiger charge is -2.14. The van der Waals surface area contributed by atoms with E-state index >= 15 is 0 Å². The highest BCUT2D eigenvalue weighted by Crippen LogP contribution is 2.16. The number of rotatable bonds is 8. The van der Waals surface area contributed by atoms with Crippen molar-refractivity contribution in [2.45, 2.75) is 25.8 Å². The summed E-state index contributed by atoms with van der Waals surface area (Å²) in [5, 5.41) is 2.81. The number of esters is 1. The van der Waals surface area contributed by atoms with Crippen molar-refractivity contribution in [1.29, 1.82) is 0 Å². The van der Waals surface area contributed by atoms with Crippen LogP contribution in [-0.4, -0.2) is 25.6 Å². The molecule has 0 unspecified atom stereocenters. The lowest BCUT2D eigenvalue weighted by molar-refractivity contribution is -0.148. The quantitative estimate of drug-likeness (QED) is 0.660. The summed E-state index contributed by atoms with van der Waals surface area (Å²) in [4.78, 5) is 23.7. The van der Waals surface area contributed by atoms with Crippen molar-refractivity contribution in [3.8, 4) is 5.75 Å². The number of benzene rings is 2. The van der Waals surface area contributed by atoms with E-state index in [0.29, 0.717) is 6.42 Å². The average Bonchev–Trinajstić information content (AvgIpc) is 2.65. The van der Waals surface area contributed by atoms with E-state index in [9.17, 15) is 9.59 Å². The fraction of sp³-hybridized carbons (Fsp3) is 0.300. The molecule has 0 aliphatic heterocycles. The van der Waals surface area contributed by atoms with Crippen LogP contribution in [0.4, 0.5) is 0 Å². The Morgan fingerprint density at radius 3 is 2.35 bits per heavy atom. The fourth-order valence-electron chi connectivity index (χ4n) is 2.37. The second kappa shape index (κ2) is 9.97. The van der Waals surface area contributed by atoms with Crippen LogP contribution in [0.2, 0.25) is 0 Å². The molecule has 0 aliphatic rings. The van der Waals surface area contributed by atoms with Gasteiger partial charge >= 0.3 is 5.97 Å². The maximum atomic E-state index is 11.9. The maximum Gasteiger partial charge on any atom is 0.306 e. The monoisotopic (exact) mass is 419 g/mol. The van der Waals surface area contributed by atoms with Gasteiger partial charge in [0.1, 0.15) is 5.75 Å². The van der Waals surface area contributed by atoms with Crippen molar-refractivity contribution in [2.75, 3.05) is 13.7 Å². The van der Waals surface area contributed by atoms with E-state index in [1.165, 1.54) is 0 Å². The van der Waals surface area contributed by atoms with Crippen molar-refractivity contribution in [3.63, 3.8) is 0 Å². The Balaban J connectivity index is 1.70. The minimum absolute atomic E-state index is 0.159. The molecule has 5 nitrogen and oxygen atoms in total. The van der Waals surface area contributed by atoms with Crippen LogP contribution < -0.4 is 10.1 Å². The zero-order valence-corrected chi connectivity index (χ0v) is 16.4. The number of hydrogen-bond acceptors (Lipinski definition) is 4. The minimum Gasteiger partial charge on any atom is -0.497 e. The number of aryl methyl sites for hydroxylation is 1. The first-order valence-corrected chi connectivity index (χ1v) is 9.10. The van der Waals surface area contributed by atoms with Gasteiger partial charge in [-0.2, -0.15) is 0 Å². The second-order valence-electron chi connectivity index (χ2n) is 5.85. The third-order valence-corrected chi connectivity index (χ3v) is 4.42. The summed E-state index contributed by atoms with van der Waals surface area (Å²) >= 11 is 3.37. The van der Waals surface area contributed by atoms with Gasteiger partial charge in [-0.15, -0.1) is 0 Å². The van der Waals surface area contributed by atoms with Crippen molar-refractivity contribution in [1.82, 2.24) is 5.32 Å². The number of ether oxygens (including phenoxy) is 2. The topological polar surface area (TPSA) is 64.6 Å². The molecule has 0 bridgehead atoms. The zero-order chi connectivity index (χ0) is 18.9. The number of amides is 1. The number of hydrogen-bond donors (Lipinski definition) is 1. The summed E-state index contributed by atoms with van der Waals surface area (Å²) in [5.74, 6) is 0.0540. The molecule has 0 saturated carbocycles. The van der Waals surface area contributed by atoms with Gasteiger partial charge in [0.05, 0.1) is 13.2 Å². The Kier molecular flexibility index (Phi) is 7.66. The molecule has 6 heteroatoms. The number of methoxy groups -OCH3 is 1. The molecule has 0 radical (unpaired) electrons. The highest BCUT2D eigenvalue weighted by atomic mass is 79.9. The highest BCUT2D eigenvalue weighted by molar-refractivity contribution is 9.10. The number of nitrogens with one attached hydrogen (secondary N) is 1. The van der Waals surface area contributed by atoms with Gasteiger partial charge in [-0.3, -0.25) is 9.59 Å². The normalized spacial score (nSPS) is 11.5. The molecule has 0 heterocycles. The van der Waals surface area contributed by atoms with Gasteiger partial charge in [0.15, 0.2) is 6.61 Å². The molecule has 0 aromatic heterocycles. The lowest BCUT2D eigenvalue weighted by Crippen LogP contribution is -2.31. The summed E-state index contributed by atoms with van der Waals surface area (Å²) in [7, 11) is 1.61. The third kappa shape index (κ3) is 6.52. The maximum absolute atomic E-state index is 11.9. The molecule has 1 N–H and O–H groups in total. The zero-order valence-electron chi connectivity index (χ0n) is 14.8. The van der Waals surface area contributed by atoms with Gasteiger partial charge in [-0.25, -0.2) is 0 Å². The molecular weight excluding hydrogens is 398 g/mol. The van der Waals surface area contributed by atoms with Gasteiger partial charge in [-0.1, -0.05) is 40.2 Å². The second-order valence-corrected chi connectivity index (χ2v) is 6.77. The molecule has 138 valence electrons. The Bertz CT molecular complexity index is 728. The van der Waals surface area contributed by atoms with Crippen molar-refractivity contribution in [3.05, 3.63) is 64.1 Å². The molecule has 2 rings (SSSR count). The summed E-state index contributed by atoms with van der Waals surface area (Å²) < 4.78 is 11.1. The van der Waals surface area contributed by atoms with Gasteiger partial charge in [-0.05, 0) is 48.7 Å². The van der Waals surface area contributed by atoms with E-state index in [-0.39, 0.29) is 25.0 Å². The van der Waals surface area contributed by atoms with Crippen LogP contribution >= 0.6 is 15.9 Å². The van der Waals surface area contributed by atoms with E-state index in [0.717, 1.165) is 21.3 Å². The van der Waals surface area contributed by atoms with Gasteiger partial charge < -0.3 is 14.8 Å². The Morgan fingerprint density at radius 1 is 1.08 bits per heavy atom. The minimum atomic E-state index is -0.396. The first-order chi connectivity index (χ1) is 12.5. The molecule has 2 aromatic carbocycles. The van der Waals surface area contributed by atoms with E-state index in [4.69, 9.17) is 9.47 Å². The molecule has 1 amide bonds. The molecule has 2 aromatic rings. The van der Waals surface area contributed by atoms with E-state index in [2.05, 4.69) is 21.2 Å². The Morgan fingerprint density at radius 2 is 1.73 bits per heavy atom. The SMILES string of the molecule is COc1ccc(CCC(=O)OCC(=O)N[C@H](C)c2ccc(Br)cc2)cc1. The summed E-state index contributed by atoms with van der Waals surface area (Å²) in [6, 6.07) is 15.0. The largest absolute Gasteiger partial charge is 0.497 e. The van der Waals surface area contributed by atoms with Crippen LogP contribution in [0.1, 0.15) is 30.5 Å². The van der Waals surface area contributed by atoms with E-state index in [1.54, 1.807) is 7.11 Å². The van der Waals surface area contributed by atoms with Gasteiger partial charge in [0.25, 0.3) is 5.91 Å². The summed E-state index contributed by atoms with van der Waals surface area (Å²) in [5.41, 5.74) is 1.99. The highest BCUT2D eigenvalue weighted by Gasteiger charge is 2.12. The Hall–Kier alpha value is -2.34. The average molecular weight is 420 g/mol. The first-order valence-electron chi connectivity index (χ1n) is 8.31. The smallest absolute Gasteiger partial charge is 0.306 e. The molecule has 0 fully saturated rings. The summed E-state index contributed by atoms with van der Waals surface area (Å²) in [6.07, 6.45) is 0.779. The number of halogens is 1. The Labute approximate surface area is 161 Å². The predicted molar refractivity (Wildman–Crippen MR) is 103 cm³/mol. The first kappa shape index (κ1) is 20.0. The molecule has 0 spiro atoms. The predicted octanol–water partition coefficient (Wildman–Crippen LogP) is 3.81. The summed E-state index contributed by atoms with van der Waals surface area (Å²) in [6.45, 7) is 1.61. The van der Waals surface area contributed by atoms with E-state index < -0.39 is 5.97 Å². The van der Waals surface area contributed by atoms with Crippen molar-refractivity contribution in [2.24, 2.45) is 0 Å². The molecule has 0 saturated heterocycles. The number of carbonyl (C=O) groups excluding carboxylic acids is 2. The van der Waals surface area contributed by atoms with Crippen LogP contribution in [-0.2, 0) is 20.7 Å². The van der Waals surface area contributed by atoms with Crippen LogP contribution in [0.25, 0.3) is 0 Å². The van der Waals surface area contributed by atoms with Gasteiger partial charge in [0.2, 0.25) is 0 Å². The van der Waals surface area contributed by atoms with Crippen LogP contribution in [0, 0.1) is 0 Å². The van der Waals surface area contributed by atoms with Crippen LogP contribution in [0.5, 0.6) is 5.75 Å². The number of carbonyl (C=O) groups is 2. The van der Waals surface area contributed by atoms with Crippen molar-refractivity contribution >= 4 is 27.8 Å². The van der Waals surface area contributed by atoms with Gasteiger partial charge in [0, 0.05) is 10.9 Å². The third-order valence-electron chi connectivity index (χ3n) is 3.89. The molecule has 0 aliphatic carbocycles. The fourth-order valence-corrected chi connectivity index (χ4v) is 2.64. The molecule has 1 atom stereocenters. The van der Waals surface area contributed by atoms with Crippen LogP contribution in [0.3, 0.4) is 0 Å².